The molecule has 1 aliphatic carbocycles. The molecule has 0 aromatic carbocycles. The van der Waals surface area contributed by atoms with E-state index in [1.165, 1.54) is 0 Å². The fourth-order valence-corrected chi connectivity index (χ4v) is 1.36. The predicted octanol–water partition coefficient (Wildman–Crippen LogP) is 2.24. The Balaban J connectivity index is 2.52. The van der Waals surface area contributed by atoms with Gasteiger partial charge in [0.05, 0.1) is 10.8 Å². The van der Waals surface area contributed by atoms with E-state index in [1.54, 1.807) is 0 Å². The highest BCUT2D eigenvalue weighted by atomic mass is 35.5. The van der Waals surface area contributed by atoms with Crippen molar-refractivity contribution in [3.05, 3.63) is 0 Å². The van der Waals surface area contributed by atoms with Crippen LogP contribution in [-0.2, 0) is 0 Å². The topological polar surface area (TPSA) is 0 Å². The largest absolute Gasteiger partial charge is 0.121 e. The first-order chi connectivity index (χ1) is 3.07. The lowest BCUT2D eigenvalue weighted by atomic mass is 10.2. The van der Waals surface area contributed by atoms with Crippen LogP contribution < -0.4 is 0 Å². The summed E-state index contributed by atoms with van der Waals surface area (Å²) in [6.45, 7) is 4.14. The van der Waals surface area contributed by atoms with Crippen molar-refractivity contribution in [2.24, 2.45) is 5.41 Å². The summed E-state index contributed by atoms with van der Waals surface area (Å²) < 4.78 is 0. The molecule has 0 aromatic heterocycles. The third-order valence-electron chi connectivity index (χ3n) is 1.57. The standard InChI is InChI=1S/C5H8Cl2/c1-5(2)3(6)4(5)7/h3-4H,1-2H3/t3-,4?/m1/s1. The second-order valence-corrected chi connectivity index (χ2v) is 3.57. The lowest BCUT2D eigenvalue weighted by Crippen LogP contribution is -1.87. The van der Waals surface area contributed by atoms with Gasteiger partial charge in [-0.05, 0) is 0 Å². The third kappa shape index (κ3) is 0.649. The highest BCUT2D eigenvalue weighted by Gasteiger charge is 2.55. The molecule has 1 fully saturated rings. The van der Waals surface area contributed by atoms with Crippen molar-refractivity contribution in [2.45, 2.75) is 24.6 Å². The van der Waals surface area contributed by atoms with E-state index in [0.29, 0.717) is 0 Å². The molecule has 1 unspecified atom stereocenters. The first kappa shape index (κ1) is 5.71. The van der Waals surface area contributed by atoms with Crippen LogP contribution in [0.3, 0.4) is 0 Å². The van der Waals surface area contributed by atoms with Crippen LogP contribution in [0, 0.1) is 5.41 Å². The van der Waals surface area contributed by atoms with E-state index in [-0.39, 0.29) is 16.2 Å². The Hall–Kier alpha value is 0.580. The molecule has 0 nitrogen and oxygen atoms in total. The Morgan fingerprint density at radius 2 is 1.29 bits per heavy atom. The molecule has 0 aliphatic heterocycles. The maximum absolute atomic E-state index is 5.70. The molecular weight excluding hydrogens is 131 g/mol. The van der Waals surface area contributed by atoms with E-state index in [4.69, 9.17) is 23.2 Å². The molecule has 1 rings (SSSR count). The first-order valence-electron chi connectivity index (χ1n) is 2.35. The van der Waals surface area contributed by atoms with Gasteiger partial charge in [0.2, 0.25) is 0 Å². The summed E-state index contributed by atoms with van der Waals surface area (Å²) in [6.07, 6.45) is 0. The van der Waals surface area contributed by atoms with E-state index in [2.05, 4.69) is 13.8 Å². The molecule has 0 radical (unpaired) electrons. The van der Waals surface area contributed by atoms with E-state index in [9.17, 15) is 0 Å². The van der Waals surface area contributed by atoms with Crippen molar-refractivity contribution in [3.63, 3.8) is 0 Å². The number of alkyl halides is 2. The maximum Gasteiger partial charge on any atom is 0.0571 e. The summed E-state index contributed by atoms with van der Waals surface area (Å²) in [4.78, 5) is 0. The molecule has 7 heavy (non-hydrogen) atoms. The minimum atomic E-state index is 0.198. The molecule has 2 heteroatoms. The second-order valence-electron chi connectivity index (χ2n) is 2.62. The van der Waals surface area contributed by atoms with Gasteiger partial charge in [-0.1, -0.05) is 13.8 Å². The van der Waals surface area contributed by atoms with Gasteiger partial charge < -0.3 is 0 Å². The van der Waals surface area contributed by atoms with Crippen LogP contribution in [0.5, 0.6) is 0 Å². The van der Waals surface area contributed by atoms with Crippen LogP contribution in [0.1, 0.15) is 13.8 Å². The van der Waals surface area contributed by atoms with Crippen molar-refractivity contribution >= 4 is 23.2 Å². The second kappa shape index (κ2) is 1.29. The van der Waals surface area contributed by atoms with Crippen LogP contribution in [0.2, 0.25) is 0 Å². The summed E-state index contributed by atoms with van der Waals surface area (Å²) in [7, 11) is 0. The van der Waals surface area contributed by atoms with E-state index < -0.39 is 0 Å². The van der Waals surface area contributed by atoms with Crippen molar-refractivity contribution < 1.29 is 0 Å². The summed E-state index contributed by atoms with van der Waals surface area (Å²) in [6, 6.07) is 0. The third-order valence-corrected chi connectivity index (χ3v) is 3.33. The Kier molecular flexibility index (Phi) is 1.06. The van der Waals surface area contributed by atoms with Gasteiger partial charge in [0.25, 0.3) is 0 Å². The maximum atomic E-state index is 5.70. The minimum absolute atomic E-state index is 0.198. The average molecular weight is 139 g/mol. The SMILES string of the molecule is CC1(C)C(Cl)[C@H]1Cl. The van der Waals surface area contributed by atoms with Crippen LogP contribution in [0.15, 0.2) is 0 Å². The number of rotatable bonds is 0. The predicted molar refractivity (Wildman–Crippen MR) is 33.1 cm³/mol. The van der Waals surface area contributed by atoms with Gasteiger partial charge in [-0.2, -0.15) is 0 Å². The molecule has 0 amide bonds. The van der Waals surface area contributed by atoms with Crippen molar-refractivity contribution in [1.82, 2.24) is 0 Å². The van der Waals surface area contributed by atoms with Gasteiger partial charge in [-0.15, -0.1) is 23.2 Å². The number of hydrogen-bond donors (Lipinski definition) is 0. The van der Waals surface area contributed by atoms with Gasteiger partial charge in [0, 0.05) is 5.41 Å². The molecule has 0 aromatic rings. The molecule has 1 saturated carbocycles. The highest BCUT2D eigenvalue weighted by Crippen LogP contribution is 2.53. The molecule has 42 valence electrons. The van der Waals surface area contributed by atoms with Crippen LogP contribution in [-0.4, -0.2) is 10.8 Å². The average Bonchev–Trinajstić information content (AvgIpc) is 1.91. The Morgan fingerprint density at radius 3 is 1.29 bits per heavy atom. The number of halogens is 2. The Bertz CT molecular complexity index is 78.1. The fraction of sp³-hybridized carbons (Fsp3) is 1.00. The highest BCUT2D eigenvalue weighted by molar-refractivity contribution is 6.35. The van der Waals surface area contributed by atoms with Gasteiger partial charge in [0.15, 0.2) is 0 Å². The van der Waals surface area contributed by atoms with Crippen molar-refractivity contribution in [1.29, 1.82) is 0 Å². The van der Waals surface area contributed by atoms with E-state index >= 15 is 0 Å². The van der Waals surface area contributed by atoms with E-state index in [1.807, 2.05) is 0 Å². The zero-order chi connectivity index (χ0) is 5.65. The summed E-state index contributed by atoms with van der Waals surface area (Å²) in [5.74, 6) is 0. The van der Waals surface area contributed by atoms with Crippen molar-refractivity contribution in [3.8, 4) is 0 Å². The molecule has 2 atom stereocenters. The fourth-order valence-electron chi connectivity index (χ4n) is 0.515. The lowest BCUT2D eigenvalue weighted by Gasteiger charge is -1.91. The van der Waals surface area contributed by atoms with E-state index in [0.717, 1.165) is 0 Å². The Morgan fingerprint density at radius 1 is 1.14 bits per heavy atom. The molecule has 0 N–H and O–H groups in total. The smallest absolute Gasteiger partial charge is 0.0571 e. The monoisotopic (exact) mass is 138 g/mol. The normalized spacial score (nSPS) is 46.3. The summed E-state index contributed by atoms with van der Waals surface area (Å²) >= 11 is 11.4. The summed E-state index contributed by atoms with van der Waals surface area (Å²) in [5.41, 5.74) is 0.198. The zero-order valence-electron chi connectivity index (χ0n) is 4.41. The van der Waals surface area contributed by atoms with Crippen LogP contribution >= 0.6 is 23.2 Å². The molecule has 0 heterocycles. The molecule has 0 bridgehead atoms. The quantitative estimate of drug-likeness (QED) is 0.451. The zero-order valence-corrected chi connectivity index (χ0v) is 5.92. The number of hydrogen-bond acceptors (Lipinski definition) is 0. The lowest BCUT2D eigenvalue weighted by molar-refractivity contribution is 0.657. The van der Waals surface area contributed by atoms with Gasteiger partial charge in [-0.25, -0.2) is 0 Å². The Labute approximate surface area is 53.8 Å². The van der Waals surface area contributed by atoms with Crippen LogP contribution in [0.25, 0.3) is 0 Å². The molecule has 0 saturated heterocycles. The molecule has 1 aliphatic rings. The minimum Gasteiger partial charge on any atom is -0.121 e. The summed E-state index contributed by atoms with van der Waals surface area (Å²) in [5, 5.41) is 0.406. The van der Waals surface area contributed by atoms with Crippen LogP contribution in [0.4, 0.5) is 0 Å². The molecule has 0 spiro atoms. The molecular formula is C5H8Cl2. The van der Waals surface area contributed by atoms with Crippen molar-refractivity contribution in [2.75, 3.05) is 0 Å². The van der Waals surface area contributed by atoms with Gasteiger partial charge in [-0.3, -0.25) is 0 Å². The first-order valence-corrected chi connectivity index (χ1v) is 3.22. The van der Waals surface area contributed by atoms with Gasteiger partial charge in [0.1, 0.15) is 0 Å². The van der Waals surface area contributed by atoms with Gasteiger partial charge >= 0.3 is 0 Å².